The molecular weight excluding hydrogens is 360 g/mol. The molecule has 1 fully saturated rings. The summed E-state index contributed by atoms with van der Waals surface area (Å²) < 4.78 is 5.53. The Balaban J connectivity index is 1.55. The van der Waals surface area contributed by atoms with Gasteiger partial charge in [0.2, 0.25) is 0 Å². The first-order valence-corrected chi connectivity index (χ1v) is 9.17. The number of imide groups is 1. The van der Waals surface area contributed by atoms with Gasteiger partial charge >= 0.3 is 0 Å². The smallest absolute Gasteiger partial charge is 0.261 e. The van der Waals surface area contributed by atoms with Crippen LogP contribution >= 0.6 is 0 Å². The predicted molar refractivity (Wildman–Crippen MR) is 102 cm³/mol. The highest BCUT2D eigenvalue weighted by Crippen LogP contribution is 2.28. The quantitative estimate of drug-likeness (QED) is 0.628. The molecule has 0 saturated carbocycles. The molecule has 0 bridgehead atoms. The van der Waals surface area contributed by atoms with E-state index < -0.39 is 11.8 Å². The summed E-state index contributed by atoms with van der Waals surface area (Å²) in [5.41, 5.74) is 1.90. The minimum Gasteiger partial charge on any atom is -0.506 e. The third-order valence-corrected chi connectivity index (χ3v) is 5.04. The Morgan fingerprint density at radius 1 is 1.18 bits per heavy atom. The van der Waals surface area contributed by atoms with E-state index in [0.717, 1.165) is 18.4 Å². The number of rotatable bonds is 4. The van der Waals surface area contributed by atoms with Crippen molar-refractivity contribution in [2.45, 2.75) is 25.9 Å². The Kier molecular flexibility index (Phi) is 4.60. The molecule has 0 aliphatic carbocycles. The summed E-state index contributed by atoms with van der Waals surface area (Å²) >= 11 is 0. The van der Waals surface area contributed by atoms with Gasteiger partial charge in [-0.25, -0.2) is 0 Å². The van der Waals surface area contributed by atoms with Crippen LogP contribution in [0.4, 0.5) is 5.69 Å². The summed E-state index contributed by atoms with van der Waals surface area (Å²) in [5, 5.41) is 12.5. The number of ether oxygens (including phenoxy) is 1. The molecule has 0 aromatic heterocycles. The highest BCUT2D eigenvalue weighted by atomic mass is 16.5. The van der Waals surface area contributed by atoms with Gasteiger partial charge in [-0.05, 0) is 55.7 Å². The number of nitrogens with one attached hydrogen (secondary N) is 1. The molecule has 0 radical (unpaired) electrons. The van der Waals surface area contributed by atoms with Gasteiger partial charge in [0.15, 0.2) is 0 Å². The number of fused-ring (bicyclic) bond motifs is 1. The summed E-state index contributed by atoms with van der Waals surface area (Å²) in [4.78, 5) is 39.0. The number of phenols is 1. The van der Waals surface area contributed by atoms with E-state index in [1.54, 1.807) is 12.1 Å². The molecule has 2 heterocycles. The van der Waals surface area contributed by atoms with E-state index in [1.165, 1.54) is 29.2 Å². The van der Waals surface area contributed by atoms with Crippen LogP contribution in [0.15, 0.2) is 36.4 Å². The minimum absolute atomic E-state index is 0.0471. The van der Waals surface area contributed by atoms with Crippen molar-refractivity contribution in [3.63, 3.8) is 0 Å². The number of hydrogen-bond acceptors (Lipinski definition) is 5. The van der Waals surface area contributed by atoms with Crippen LogP contribution in [-0.4, -0.2) is 47.0 Å². The Labute approximate surface area is 161 Å². The number of nitrogens with zero attached hydrogens (tertiary/aromatic N) is 1. The van der Waals surface area contributed by atoms with Crippen molar-refractivity contribution in [3.8, 4) is 5.75 Å². The third kappa shape index (κ3) is 3.25. The van der Waals surface area contributed by atoms with Crippen LogP contribution in [0.2, 0.25) is 0 Å². The van der Waals surface area contributed by atoms with E-state index in [4.69, 9.17) is 4.74 Å². The number of benzene rings is 2. The number of hydrogen-bond donors (Lipinski definition) is 2. The number of carbonyl (C=O) groups excluding carboxylic acids is 3. The fraction of sp³-hybridized carbons (Fsp3) is 0.286. The predicted octanol–water partition coefficient (Wildman–Crippen LogP) is 2.73. The largest absolute Gasteiger partial charge is 0.506 e. The minimum atomic E-state index is -0.471. The van der Waals surface area contributed by atoms with Gasteiger partial charge in [-0.1, -0.05) is 6.07 Å². The van der Waals surface area contributed by atoms with E-state index >= 15 is 0 Å². The average molecular weight is 380 g/mol. The molecule has 7 nitrogen and oxygen atoms in total. The van der Waals surface area contributed by atoms with Gasteiger partial charge in [-0.2, -0.15) is 0 Å². The molecule has 4 rings (SSSR count). The molecule has 2 N–H and O–H groups in total. The van der Waals surface area contributed by atoms with Crippen molar-refractivity contribution < 1.29 is 24.2 Å². The van der Waals surface area contributed by atoms with E-state index in [0.29, 0.717) is 6.61 Å². The molecule has 2 aromatic rings. The van der Waals surface area contributed by atoms with Crippen LogP contribution in [0.25, 0.3) is 0 Å². The summed E-state index contributed by atoms with van der Waals surface area (Å²) in [6.07, 6.45) is 1.61. The molecule has 0 spiro atoms. The number of carbonyl (C=O) groups is 3. The molecule has 1 unspecified atom stereocenters. The lowest BCUT2D eigenvalue weighted by Crippen LogP contribution is -2.36. The van der Waals surface area contributed by atoms with Crippen molar-refractivity contribution in [1.29, 1.82) is 0 Å². The van der Waals surface area contributed by atoms with Gasteiger partial charge in [-0.15, -0.1) is 0 Å². The van der Waals surface area contributed by atoms with Crippen LogP contribution in [-0.2, 0) is 4.74 Å². The van der Waals surface area contributed by atoms with Crippen molar-refractivity contribution >= 4 is 23.4 Å². The van der Waals surface area contributed by atoms with Gasteiger partial charge in [-0.3, -0.25) is 19.3 Å². The second-order valence-electron chi connectivity index (χ2n) is 7.09. The Morgan fingerprint density at radius 3 is 2.71 bits per heavy atom. The zero-order chi connectivity index (χ0) is 19.8. The van der Waals surface area contributed by atoms with Crippen molar-refractivity contribution in [2.75, 3.05) is 18.5 Å². The Morgan fingerprint density at radius 2 is 1.96 bits per heavy atom. The molecule has 7 heteroatoms. The molecule has 3 amide bonds. The molecule has 28 heavy (non-hydrogen) atoms. The highest BCUT2D eigenvalue weighted by molar-refractivity contribution is 6.22. The molecule has 2 aromatic carbocycles. The summed E-state index contributed by atoms with van der Waals surface area (Å²) in [6.45, 7) is 2.71. The fourth-order valence-corrected chi connectivity index (χ4v) is 3.53. The van der Waals surface area contributed by atoms with Crippen LogP contribution in [0.3, 0.4) is 0 Å². The number of aryl methyl sites for hydroxylation is 1. The molecular formula is C21H20N2O5. The second-order valence-corrected chi connectivity index (χ2v) is 7.09. The van der Waals surface area contributed by atoms with Gasteiger partial charge in [0.25, 0.3) is 17.7 Å². The lowest BCUT2D eigenvalue weighted by atomic mass is 10.1. The molecule has 1 atom stereocenters. The lowest BCUT2D eigenvalue weighted by Gasteiger charge is -2.17. The standard InChI is InChI=1S/C21H20N2O5/c1-12-4-7-18(24)17(9-12)22-19(25)13-5-6-15-16(10-13)21(27)23(20(15)26)11-14-3-2-8-28-14/h4-7,9-10,14,24H,2-3,8,11H2,1H3,(H,22,25). The van der Waals surface area contributed by atoms with Crippen LogP contribution in [0, 0.1) is 6.92 Å². The summed E-state index contributed by atoms with van der Waals surface area (Å²) in [5.74, 6) is -1.29. The van der Waals surface area contributed by atoms with Crippen LogP contribution in [0.5, 0.6) is 5.75 Å². The molecule has 1 saturated heterocycles. The maximum absolute atomic E-state index is 12.7. The number of aromatic hydroxyl groups is 1. The number of phenolic OH excluding ortho intramolecular Hbond substituents is 1. The number of anilines is 1. The zero-order valence-electron chi connectivity index (χ0n) is 15.4. The molecule has 2 aliphatic heterocycles. The lowest BCUT2D eigenvalue weighted by molar-refractivity contribution is 0.0475. The van der Waals surface area contributed by atoms with Gasteiger partial charge < -0.3 is 15.2 Å². The monoisotopic (exact) mass is 380 g/mol. The molecule has 2 aliphatic rings. The van der Waals surface area contributed by atoms with E-state index in [9.17, 15) is 19.5 Å². The van der Waals surface area contributed by atoms with E-state index in [-0.39, 0.29) is 46.7 Å². The highest BCUT2D eigenvalue weighted by Gasteiger charge is 2.37. The third-order valence-electron chi connectivity index (χ3n) is 5.04. The summed E-state index contributed by atoms with van der Waals surface area (Å²) in [7, 11) is 0. The second kappa shape index (κ2) is 7.09. The van der Waals surface area contributed by atoms with Crippen LogP contribution in [0.1, 0.15) is 49.5 Å². The number of amides is 3. The summed E-state index contributed by atoms with van der Waals surface area (Å²) in [6, 6.07) is 9.30. The van der Waals surface area contributed by atoms with Gasteiger partial charge in [0.05, 0.1) is 29.5 Å². The van der Waals surface area contributed by atoms with E-state index in [1.807, 2.05) is 6.92 Å². The maximum Gasteiger partial charge on any atom is 0.261 e. The van der Waals surface area contributed by atoms with Crippen molar-refractivity contribution in [3.05, 3.63) is 58.7 Å². The van der Waals surface area contributed by atoms with Crippen molar-refractivity contribution in [2.24, 2.45) is 0 Å². The SMILES string of the molecule is Cc1ccc(O)c(NC(=O)c2ccc3c(c2)C(=O)N(CC2CCCO2)C3=O)c1. The normalized spacial score (nSPS) is 18.5. The Hall–Kier alpha value is -3.19. The zero-order valence-corrected chi connectivity index (χ0v) is 15.4. The van der Waals surface area contributed by atoms with E-state index in [2.05, 4.69) is 5.32 Å². The Bertz CT molecular complexity index is 979. The maximum atomic E-state index is 12.7. The first-order chi connectivity index (χ1) is 13.4. The van der Waals surface area contributed by atoms with Crippen molar-refractivity contribution in [1.82, 2.24) is 4.90 Å². The first-order valence-electron chi connectivity index (χ1n) is 9.17. The first kappa shape index (κ1) is 18.2. The van der Waals surface area contributed by atoms with Gasteiger partial charge in [0.1, 0.15) is 5.75 Å². The van der Waals surface area contributed by atoms with Gasteiger partial charge in [0, 0.05) is 12.2 Å². The molecule has 144 valence electrons. The fourth-order valence-electron chi connectivity index (χ4n) is 3.53. The average Bonchev–Trinajstić information content (AvgIpc) is 3.27. The topological polar surface area (TPSA) is 95.9 Å². The van der Waals surface area contributed by atoms with Crippen LogP contribution < -0.4 is 5.32 Å².